The summed E-state index contributed by atoms with van der Waals surface area (Å²) in [5.41, 5.74) is 1.39. The molecule has 0 saturated carbocycles. The van der Waals surface area contributed by atoms with Gasteiger partial charge in [-0.3, -0.25) is 10.1 Å². The van der Waals surface area contributed by atoms with Gasteiger partial charge in [-0.25, -0.2) is 0 Å². The highest BCUT2D eigenvalue weighted by atomic mass is 35.6. The molecule has 1 atom stereocenters. The van der Waals surface area contributed by atoms with Crippen LogP contribution >= 0.6 is 46.4 Å². The molecule has 0 heterocycles. The largest absolute Gasteiger partial charge is 0.333 e. The Bertz CT molecular complexity index is 659. The quantitative estimate of drug-likeness (QED) is 0.579. The highest BCUT2D eigenvalue weighted by molar-refractivity contribution is 6.68. The van der Waals surface area contributed by atoms with Crippen molar-refractivity contribution in [3.05, 3.63) is 70.7 Å². The van der Waals surface area contributed by atoms with Gasteiger partial charge in [0.2, 0.25) is 3.79 Å². The Kier molecular flexibility index (Phi) is 6.57. The molecular weight excluding hydrogens is 378 g/mol. The zero-order valence-electron chi connectivity index (χ0n) is 11.9. The Balaban J connectivity index is 2.05. The molecule has 0 saturated heterocycles. The van der Waals surface area contributed by atoms with Crippen LogP contribution in [-0.4, -0.2) is 15.9 Å². The van der Waals surface area contributed by atoms with E-state index in [1.165, 1.54) is 0 Å². The Hall–Kier alpha value is -0.970. The summed E-state index contributed by atoms with van der Waals surface area (Å²) in [7, 11) is 0. The molecule has 2 aromatic carbocycles. The van der Waals surface area contributed by atoms with Gasteiger partial charge < -0.3 is 5.32 Å². The van der Waals surface area contributed by atoms with Gasteiger partial charge in [-0.15, -0.1) is 0 Å². The van der Waals surface area contributed by atoms with E-state index in [0.717, 1.165) is 5.56 Å². The lowest BCUT2D eigenvalue weighted by Crippen LogP contribution is -2.53. The molecule has 0 bridgehead atoms. The van der Waals surface area contributed by atoms with Crippen molar-refractivity contribution >= 4 is 52.3 Å². The predicted octanol–water partition coefficient (Wildman–Crippen LogP) is 4.56. The molecule has 122 valence electrons. The molecular formula is C16H14Cl4N2O. The first-order chi connectivity index (χ1) is 10.9. The summed E-state index contributed by atoms with van der Waals surface area (Å²) in [6, 6.07) is 16.1. The fourth-order valence-electron chi connectivity index (χ4n) is 1.91. The third kappa shape index (κ3) is 5.87. The number of nitrogens with one attached hydrogen (secondary N) is 2. The van der Waals surface area contributed by atoms with Gasteiger partial charge in [0.15, 0.2) is 0 Å². The molecule has 1 amide bonds. The van der Waals surface area contributed by atoms with Crippen LogP contribution in [-0.2, 0) is 6.54 Å². The lowest BCUT2D eigenvalue weighted by molar-refractivity contribution is 0.0929. The van der Waals surface area contributed by atoms with Crippen LogP contribution in [0.5, 0.6) is 0 Å². The molecule has 2 aromatic rings. The van der Waals surface area contributed by atoms with Crippen LogP contribution in [0.2, 0.25) is 5.02 Å². The second kappa shape index (κ2) is 8.22. The van der Waals surface area contributed by atoms with Gasteiger partial charge in [-0.05, 0) is 23.8 Å². The van der Waals surface area contributed by atoms with Crippen molar-refractivity contribution in [2.24, 2.45) is 0 Å². The summed E-state index contributed by atoms with van der Waals surface area (Å²) in [6.45, 7) is 0.440. The van der Waals surface area contributed by atoms with Gasteiger partial charge in [0.05, 0.1) is 0 Å². The molecule has 2 rings (SSSR count). The second-order valence-electron chi connectivity index (χ2n) is 4.82. The molecule has 0 radical (unpaired) electrons. The van der Waals surface area contributed by atoms with Gasteiger partial charge >= 0.3 is 0 Å². The monoisotopic (exact) mass is 390 g/mol. The molecule has 0 aromatic heterocycles. The van der Waals surface area contributed by atoms with Gasteiger partial charge in [-0.1, -0.05) is 82.8 Å². The Morgan fingerprint density at radius 3 is 2.35 bits per heavy atom. The van der Waals surface area contributed by atoms with Crippen LogP contribution in [0.1, 0.15) is 15.9 Å². The summed E-state index contributed by atoms with van der Waals surface area (Å²) in [5.74, 6) is -0.385. The molecule has 7 heteroatoms. The van der Waals surface area contributed by atoms with Crippen molar-refractivity contribution in [2.75, 3.05) is 0 Å². The standard InChI is InChI=1S/C16H14Cl4N2O/c17-13-8-4-7-12(9-13)14(23)22-15(16(18,19)20)21-10-11-5-2-1-3-6-11/h1-9,15,21H,10H2,(H,22,23)/t15-/m0/s1. The van der Waals surface area contributed by atoms with E-state index in [9.17, 15) is 4.79 Å². The van der Waals surface area contributed by atoms with E-state index in [1.807, 2.05) is 30.3 Å². The molecule has 0 aliphatic heterocycles. The van der Waals surface area contributed by atoms with Gasteiger partial charge in [0, 0.05) is 17.1 Å². The fraction of sp³-hybridized carbons (Fsp3) is 0.188. The molecule has 2 N–H and O–H groups in total. The topological polar surface area (TPSA) is 41.1 Å². The van der Waals surface area contributed by atoms with Crippen LogP contribution < -0.4 is 10.6 Å². The first-order valence-electron chi connectivity index (χ1n) is 6.77. The summed E-state index contributed by atoms with van der Waals surface area (Å²) in [4.78, 5) is 12.3. The minimum atomic E-state index is -1.71. The molecule has 23 heavy (non-hydrogen) atoms. The summed E-state index contributed by atoms with van der Waals surface area (Å²) < 4.78 is -1.71. The van der Waals surface area contributed by atoms with Crippen LogP contribution in [0.25, 0.3) is 0 Å². The SMILES string of the molecule is O=C(N[C@H](NCc1ccccc1)C(Cl)(Cl)Cl)c1cccc(Cl)c1. The third-order valence-electron chi connectivity index (χ3n) is 3.04. The van der Waals surface area contributed by atoms with E-state index < -0.39 is 9.96 Å². The molecule has 3 nitrogen and oxygen atoms in total. The van der Waals surface area contributed by atoms with Gasteiger partial charge in [0.1, 0.15) is 6.17 Å². The van der Waals surface area contributed by atoms with Crippen LogP contribution in [0.15, 0.2) is 54.6 Å². The van der Waals surface area contributed by atoms with Crippen molar-refractivity contribution < 1.29 is 4.79 Å². The Labute approximate surface area is 154 Å². The number of hydrogen-bond acceptors (Lipinski definition) is 2. The van der Waals surface area contributed by atoms with E-state index in [-0.39, 0.29) is 5.91 Å². The van der Waals surface area contributed by atoms with Gasteiger partial charge in [-0.2, -0.15) is 0 Å². The minimum Gasteiger partial charge on any atom is -0.333 e. The van der Waals surface area contributed by atoms with E-state index in [4.69, 9.17) is 46.4 Å². The smallest absolute Gasteiger partial charge is 0.252 e. The zero-order chi connectivity index (χ0) is 16.9. The second-order valence-corrected chi connectivity index (χ2v) is 7.63. The number of hydrogen-bond donors (Lipinski definition) is 2. The normalized spacial score (nSPS) is 12.7. The number of carbonyl (C=O) groups is 1. The maximum absolute atomic E-state index is 12.3. The fourth-order valence-corrected chi connectivity index (χ4v) is 2.49. The van der Waals surface area contributed by atoms with Crippen LogP contribution in [0, 0.1) is 0 Å². The minimum absolute atomic E-state index is 0.385. The highest BCUT2D eigenvalue weighted by Gasteiger charge is 2.33. The first kappa shape index (κ1) is 18.4. The average Bonchev–Trinajstić information content (AvgIpc) is 2.51. The lowest BCUT2D eigenvalue weighted by atomic mass is 10.2. The van der Waals surface area contributed by atoms with E-state index in [0.29, 0.717) is 17.1 Å². The molecule has 0 aliphatic rings. The Morgan fingerprint density at radius 1 is 1.04 bits per heavy atom. The first-order valence-corrected chi connectivity index (χ1v) is 8.28. The number of benzene rings is 2. The predicted molar refractivity (Wildman–Crippen MR) is 96.3 cm³/mol. The van der Waals surface area contributed by atoms with E-state index in [2.05, 4.69) is 10.6 Å². The highest BCUT2D eigenvalue weighted by Crippen LogP contribution is 2.29. The summed E-state index contributed by atoms with van der Waals surface area (Å²) in [5, 5.41) is 6.16. The number of halogens is 4. The number of carbonyl (C=O) groups excluding carboxylic acids is 1. The van der Waals surface area contributed by atoms with E-state index in [1.54, 1.807) is 24.3 Å². The van der Waals surface area contributed by atoms with Crippen molar-refractivity contribution in [1.29, 1.82) is 0 Å². The molecule has 0 aliphatic carbocycles. The maximum Gasteiger partial charge on any atom is 0.252 e. The Morgan fingerprint density at radius 2 is 1.74 bits per heavy atom. The molecule has 0 unspecified atom stereocenters. The van der Waals surface area contributed by atoms with Crippen molar-refractivity contribution in [2.45, 2.75) is 16.5 Å². The van der Waals surface area contributed by atoms with Crippen molar-refractivity contribution in [3.8, 4) is 0 Å². The average molecular weight is 392 g/mol. The van der Waals surface area contributed by atoms with E-state index >= 15 is 0 Å². The van der Waals surface area contributed by atoms with Crippen LogP contribution in [0.4, 0.5) is 0 Å². The van der Waals surface area contributed by atoms with Crippen molar-refractivity contribution in [3.63, 3.8) is 0 Å². The maximum atomic E-state index is 12.3. The number of rotatable bonds is 5. The number of amides is 1. The summed E-state index contributed by atoms with van der Waals surface area (Å²) in [6.07, 6.45) is -0.862. The van der Waals surface area contributed by atoms with Gasteiger partial charge in [0.25, 0.3) is 5.91 Å². The zero-order valence-corrected chi connectivity index (χ0v) is 14.9. The number of alkyl halides is 3. The summed E-state index contributed by atoms with van der Waals surface area (Å²) >= 11 is 23.8. The lowest BCUT2D eigenvalue weighted by Gasteiger charge is -2.26. The van der Waals surface area contributed by atoms with Crippen molar-refractivity contribution in [1.82, 2.24) is 10.6 Å². The molecule has 0 fully saturated rings. The molecule has 0 spiro atoms. The third-order valence-corrected chi connectivity index (χ3v) is 3.93. The van der Waals surface area contributed by atoms with Crippen LogP contribution in [0.3, 0.4) is 0 Å².